The molecule has 2 aliphatic rings. The Morgan fingerprint density at radius 2 is 1.70 bits per heavy atom. The van der Waals surface area contributed by atoms with Gasteiger partial charge in [-0.2, -0.15) is 0 Å². The molecule has 0 amide bonds. The smallest absolute Gasteiger partial charge is 0.201 e. The third-order valence-corrected chi connectivity index (χ3v) is 7.42. The second-order valence-electron chi connectivity index (χ2n) is 10.4. The van der Waals surface area contributed by atoms with Gasteiger partial charge in [-0.05, 0) is 50.3 Å². The van der Waals surface area contributed by atoms with E-state index in [0.29, 0.717) is 39.0 Å². The number of nitrogens with zero attached hydrogens (tertiary/aromatic N) is 1. The van der Waals surface area contributed by atoms with E-state index in [2.05, 4.69) is 0 Å². The van der Waals surface area contributed by atoms with Gasteiger partial charge in [0, 0.05) is 24.2 Å². The summed E-state index contributed by atoms with van der Waals surface area (Å²) >= 11 is 0. The average Bonchev–Trinajstić information content (AvgIpc) is 2.93. The van der Waals surface area contributed by atoms with Crippen LogP contribution in [-0.4, -0.2) is 52.4 Å². The minimum Gasteiger partial charge on any atom is -0.507 e. The highest BCUT2D eigenvalue weighted by atomic mass is 16.6. The number of hydrogen-bond donors (Lipinski definition) is 3. The predicted octanol–water partition coefficient (Wildman–Crippen LogP) is 4.18. The maximum Gasteiger partial charge on any atom is 0.201 e. The average molecular weight is 548 g/mol. The van der Waals surface area contributed by atoms with Gasteiger partial charge in [0.2, 0.25) is 11.2 Å². The van der Waals surface area contributed by atoms with E-state index < -0.39 is 24.4 Å². The second-order valence-corrected chi connectivity index (χ2v) is 10.4. The van der Waals surface area contributed by atoms with E-state index in [1.54, 1.807) is 35.9 Å². The van der Waals surface area contributed by atoms with Crippen molar-refractivity contribution in [2.45, 2.75) is 31.7 Å². The fraction of sp³-hybridized carbons (Fsp3) is 0.300. The van der Waals surface area contributed by atoms with Gasteiger partial charge in [0.1, 0.15) is 17.1 Å². The lowest BCUT2D eigenvalue weighted by atomic mass is 9.97. The molecule has 3 aromatic carbocycles. The molecule has 0 fully saturated rings. The van der Waals surface area contributed by atoms with Gasteiger partial charge >= 0.3 is 0 Å². The van der Waals surface area contributed by atoms with Gasteiger partial charge in [0.05, 0.1) is 42.6 Å². The number of benzene rings is 3. The van der Waals surface area contributed by atoms with Crippen molar-refractivity contribution in [3.8, 4) is 40.2 Å². The first-order chi connectivity index (χ1) is 19.1. The minimum atomic E-state index is -0.870. The number of aromatic nitrogens is 1. The number of aliphatic hydroxyl groups excluding tert-OH is 1. The number of phenolic OH excluding ortho intramolecular Hbond substituents is 2. The number of methoxy groups -OCH3 is 2. The fourth-order valence-corrected chi connectivity index (χ4v) is 5.51. The molecule has 10 nitrogen and oxygen atoms in total. The Hall–Kier alpha value is -4.57. The normalized spacial score (nSPS) is 18.9. The lowest BCUT2D eigenvalue weighted by Crippen LogP contribution is -2.36. The van der Waals surface area contributed by atoms with Crippen molar-refractivity contribution in [2.75, 3.05) is 20.8 Å². The second kappa shape index (κ2) is 8.99. The van der Waals surface area contributed by atoms with Crippen molar-refractivity contribution >= 4 is 27.9 Å². The lowest BCUT2D eigenvalue weighted by molar-refractivity contribution is -0.0114. The molecule has 3 heterocycles. The van der Waals surface area contributed by atoms with Crippen molar-refractivity contribution in [1.82, 2.24) is 4.57 Å². The SMILES string of the molecule is COc1cc(C2Oc3ccc4c(=O)c5c(O)cc6c(c5n(C)c4c3OC2CO)C=CC(C)(C)O6)cc(OC)c1O. The Kier molecular flexibility index (Phi) is 5.77. The Morgan fingerprint density at radius 1 is 1.00 bits per heavy atom. The molecule has 2 aliphatic heterocycles. The van der Waals surface area contributed by atoms with Crippen LogP contribution in [0.5, 0.6) is 40.2 Å². The topological polar surface area (TPSA) is 129 Å². The molecule has 10 heteroatoms. The molecular weight excluding hydrogens is 518 g/mol. The highest BCUT2D eigenvalue weighted by molar-refractivity contribution is 6.04. The van der Waals surface area contributed by atoms with Gasteiger partial charge in [0.15, 0.2) is 35.2 Å². The van der Waals surface area contributed by atoms with E-state index in [9.17, 15) is 20.1 Å². The molecular formula is C30H29NO9. The lowest BCUT2D eigenvalue weighted by Gasteiger charge is -2.34. The third kappa shape index (κ3) is 3.70. The summed E-state index contributed by atoms with van der Waals surface area (Å²) in [7, 11) is 4.62. The molecule has 0 aliphatic carbocycles. The monoisotopic (exact) mass is 547 g/mol. The molecule has 0 spiro atoms. The largest absolute Gasteiger partial charge is 0.507 e. The Morgan fingerprint density at radius 3 is 2.35 bits per heavy atom. The van der Waals surface area contributed by atoms with E-state index in [1.807, 2.05) is 26.0 Å². The van der Waals surface area contributed by atoms with Crippen molar-refractivity contribution in [3.63, 3.8) is 0 Å². The van der Waals surface area contributed by atoms with Crippen LogP contribution in [0.3, 0.4) is 0 Å². The molecule has 3 N–H and O–H groups in total. The van der Waals surface area contributed by atoms with Crippen LogP contribution in [0, 0.1) is 0 Å². The molecule has 0 saturated heterocycles. The summed E-state index contributed by atoms with van der Waals surface area (Å²) in [5.74, 6) is 1.10. The Balaban J connectivity index is 1.58. The highest BCUT2D eigenvalue weighted by Gasteiger charge is 2.36. The molecule has 2 unspecified atom stereocenters. The van der Waals surface area contributed by atoms with Crippen LogP contribution in [0.15, 0.2) is 41.2 Å². The number of hydrogen-bond acceptors (Lipinski definition) is 9. The van der Waals surface area contributed by atoms with Crippen LogP contribution in [0.1, 0.15) is 31.1 Å². The maximum absolute atomic E-state index is 13.7. The quantitative estimate of drug-likeness (QED) is 0.322. The first-order valence-corrected chi connectivity index (χ1v) is 12.7. The molecule has 0 radical (unpaired) electrons. The summed E-state index contributed by atoms with van der Waals surface area (Å²) in [6, 6.07) is 7.91. The van der Waals surface area contributed by atoms with Gasteiger partial charge in [-0.25, -0.2) is 0 Å². The van der Waals surface area contributed by atoms with Crippen LogP contribution in [0.4, 0.5) is 0 Å². The van der Waals surface area contributed by atoms with Crippen LogP contribution in [0.25, 0.3) is 27.9 Å². The Bertz CT molecular complexity index is 1760. The molecule has 1 aromatic heterocycles. The number of phenols is 2. The summed E-state index contributed by atoms with van der Waals surface area (Å²) in [6.45, 7) is 3.40. The van der Waals surface area contributed by atoms with E-state index >= 15 is 0 Å². The first-order valence-electron chi connectivity index (χ1n) is 12.7. The number of fused-ring (bicyclic) bond motifs is 6. The van der Waals surface area contributed by atoms with Crippen molar-refractivity contribution in [1.29, 1.82) is 0 Å². The van der Waals surface area contributed by atoms with E-state index in [0.717, 1.165) is 0 Å². The summed E-state index contributed by atoms with van der Waals surface area (Å²) in [4.78, 5) is 13.7. The van der Waals surface area contributed by atoms with Crippen molar-refractivity contribution in [3.05, 3.63) is 57.8 Å². The van der Waals surface area contributed by atoms with Gasteiger partial charge in [-0.1, -0.05) is 0 Å². The fourth-order valence-electron chi connectivity index (χ4n) is 5.51. The Labute approximate surface area is 229 Å². The molecule has 4 aromatic rings. The molecule has 0 bridgehead atoms. The maximum atomic E-state index is 13.7. The number of aromatic hydroxyl groups is 2. The van der Waals surface area contributed by atoms with Gasteiger partial charge in [0.25, 0.3) is 0 Å². The molecule has 6 rings (SSSR count). The van der Waals surface area contributed by atoms with Crippen molar-refractivity contribution in [2.24, 2.45) is 7.05 Å². The third-order valence-electron chi connectivity index (χ3n) is 7.42. The predicted molar refractivity (Wildman–Crippen MR) is 148 cm³/mol. The number of aryl methyl sites for hydroxylation is 1. The van der Waals surface area contributed by atoms with E-state index in [1.165, 1.54) is 20.3 Å². The van der Waals surface area contributed by atoms with E-state index in [-0.39, 0.29) is 39.6 Å². The summed E-state index contributed by atoms with van der Waals surface area (Å²) in [5.41, 5.74) is 1.17. The molecule has 2 atom stereocenters. The van der Waals surface area contributed by atoms with Gasteiger partial charge in [-0.15, -0.1) is 0 Å². The van der Waals surface area contributed by atoms with Crippen LogP contribution in [-0.2, 0) is 7.05 Å². The highest BCUT2D eigenvalue weighted by Crippen LogP contribution is 2.48. The number of rotatable bonds is 4. The first kappa shape index (κ1) is 25.7. The number of aliphatic hydroxyl groups is 1. The van der Waals surface area contributed by atoms with Crippen LogP contribution < -0.4 is 29.1 Å². The summed E-state index contributed by atoms with van der Waals surface area (Å²) in [5, 5.41) is 32.1. The zero-order chi connectivity index (χ0) is 28.5. The summed E-state index contributed by atoms with van der Waals surface area (Å²) < 4.78 is 31.1. The zero-order valence-electron chi connectivity index (χ0n) is 22.6. The molecule has 0 saturated carbocycles. The van der Waals surface area contributed by atoms with Crippen LogP contribution in [0.2, 0.25) is 0 Å². The zero-order valence-corrected chi connectivity index (χ0v) is 22.6. The van der Waals surface area contributed by atoms with Gasteiger partial charge in [-0.3, -0.25) is 4.79 Å². The standard InChI is InChI=1S/C30H29NO9/c1-30(2)9-8-15-19(40-30)12-17(33)23-24(15)31(3)25-16(26(23)34)6-7-18-29(25)39-22(13-32)28(38-18)14-10-20(36-4)27(35)21(11-14)37-5/h6-12,22,28,32-33,35H,13H2,1-5H3. The van der Waals surface area contributed by atoms with Crippen LogP contribution >= 0.6 is 0 Å². The van der Waals surface area contributed by atoms with E-state index in [4.69, 9.17) is 23.7 Å². The number of pyridine rings is 1. The molecule has 40 heavy (non-hydrogen) atoms. The van der Waals surface area contributed by atoms with Crippen molar-refractivity contribution < 1.29 is 39.0 Å². The number of ether oxygens (including phenoxy) is 5. The molecule has 208 valence electrons. The minimum absolute atomic E-state index is 0.160. The summed E-state index contributed by atoms with van der Waals surface area (Å²) in [6.07, 6.45) is 2.13. The van der Waals surface area contributed by atoms with Gasteiger partial charge < -0.3 is 43.6 Å².